The van der Waals surface area contributed by atoms with Crippen molar-refractivity contribution in [1.82, 2.24) is 0 Å². The van der Waals surface area contributed by atoms with Crippen LogP contribution in [0.25, 0.3) is 17.2 Å². The summed E-state index contributed by atoms with van der Waals surface area (Å²) in [5, 5.41) is 0. The van der Waals surface area contributed by atoms with Crippen molar-refractivity contribution in [3.63, 3.8) is 0 Å². The van der Waals surface area contributed by atoms with Crippen LogP contribution in [0.2, 0.25) is 0 Å². The maximum absolute atomic E-state index is 2.29. The van der Waals surface area contributed by atoms with Gasteiger partial charge in [-0.2, -0.15) is 0 Å². The standard InChI is InChI=1S/C16H14.Zr/c1-12-9-14-7-8-15(11-16(14)10-12)13-5-3-2-4-6-13;/h2-8,10-11H,9H2,1H3;. The van der Waals surface area contributed by atoms with Crippen LogP contribution in [-0.4, -0.2) is 0 Å². The predicted molar refractivity (Wildman–Crippen MR) is 69.2 cm³/mol. The van der Waals surface area contributed by atoms with Crippen molar-refractivity contribution in [2.24, 2.45) is 0 Å². The first-order valence-electron chi connectivity index (χ1n) is 5.68. The Morgan fingerprint density at radius 1 is 0.882 bits per heavy atom. The third-order valence-electron chi connectivity index (χ3n) is 3.12. The van der Waals surface area contributed by atoms with Crippen molar-refractivity contribution >= 4 is 6.08 Å². The van der Waals surface area contributed by atoms with E-state index in [1.807, 2.05) is 0 Å². The third kappa shape index (κ3) is 2.50. The Hall–Kier alpha value is -0.937. The second-order valence-electron chi connectivity index (χ2n) is 4.45. The molecule has 3 rings (SSSR count). The summed E-state index contributed by atoms with van der Waals surface area (Å²) < 4.78 is 0. The van der Waals surface area contributed by atoms with Crippen LogP contribution in [0.1, 0.15) is 18.1 Å². The number of benzene rings is 2. The van der Waals surface area contributed by atoms with Crippen LogP contribution in [0, 0.1) is 0 Å². The second kappa shape index (κ2) is 5.14. The van der Waals surface area contributed by atoms with Gasteiger partial charge in [0.05, 0.1) is 0 Å². The second-order valence-corrected chi connectivity index (χ2v) is 4.45. The Balaban J connectivity index is 0.00000108. The SMILES string of the molecule is CC1=Cc2cc(-c3ccccc3)ccc2C1.[Zr]. The zero-order valence-corrected chi connectivity index (χ0v) is 12.4. The van der Waals surface area contributed by atoms with Gasteiger partial charge in [0.1, 0.15) is 0 Å². The summed E-state index contributed by atoms with van der Waals surface area (Å²) in [4.78, 5) is 0. The molecule has 2 aromatic carbocycles. The van der Waals surface area contributed by atoms with Gasteiger partial charge in [0.15, 0.2) is 0 Å². The number of hydrogen-bond donors (Lipinski definition) is 0. The van der Waals surface area contributed by atoms with Crippen molar-refractivity contribution in [3.8, 4) is 11.1 Å². The quantitative estimate of drug-likeness (QED) is 0.736. The van der Waals surface area contributed by atoms with Gasteiger partial charge in [0, 0.05) is 26.2 Å². The molecule has 0 amide bonds. The number of fused-ring (bicyclic) bond motifs is 1. The number of rotatable bonds is 1. The molecule has 82 valence electrons. The van der Waals surface area contributed by atoms with Gasteiger partial charge >= 0.3 is 0 Å². The van der Waals surface area contributed by atoms with Gasteiger partial charge in [-0.15, -0.1) is 0 Å². The Bertz CT molecular complexity index is 553. The first kappa shape index (κ1) is 12.5. The summed E-state index contributed by atoms with van der Waals surface area (Å²) in [6, 6.07) is 17.3. The summed E-state index contributed by atoms with van der Waals surface area (Å²) in [5.41, 5.74) is 6.91. The van der Waals surface area contributed by atoms with Gasteiger partial charge < -0.3 is 0 Å². The van der Waals surface area contributed by atoms with Crippen molar-refractivity contribution < 1.29 is 26.2 Å². The fourth-order valence-electron chi connectivity index (χ4n) is 2.32. The van der Waals surface area contributed by atoms with Gasteiger partial charge in [0.2, 0.25) is 0 Å². The van der Waals surface area contributed by atoms with Crippen molar-refractivity contribution in [3.05, 3.63) is 65.2 Å². The smallest absolute Gasteiger partial charge is 0 e. The molecule has 1 aliphatic rings. The summed E-state index contributed by atoms with van der Waals surface area (Å²) in [7, 11) is 0. The molecule has 0 fully saturated rings. The number of allylic oxidation sites excluding steroid dienone is 1. The zero-order valence-electron chi connectivity index (χ0n) is 9.90. The Morgan fingerprint density at radius 3 is 2.41 bits per heavy atom. The van der Waals surface area contributed by atoms with E-state index in [0.717, 1.165) is 6.42 Å². The van der Waals surface area contributed by atoms with Crippen LogP contribution < -0.4 is 0 Å². The molecule has 0 saturated carbocycles. The molecule has 0 unspecified atom stereocenters. The summed E-state index contributed by atoms with van der Waals surface area (Å²) in [6.45, 7) is 2.20. The minimum absolute atomic E-state index is 0. The third-order valence-corrected chi connectivity index (χ3v) is 3.12. The normalized spacial score (nSPS) is 12.6. The Kier molecular flexibility index (Phi) is 3.79. The first-order valence-corrected chi connectivity index (χ1v) is 5.68. The molecule has 0 nitrogen and oxygen atoms in total. The van der Waals surface area contributed by atoms with Gasteiger partial charge in [-0.1, -0.05) is 54.1 Å². The van der Waals surface area contributed by atoms with E-state index in [2.05, 4.69) is 61.5 Å². The van der Waals surface area contributed by atoms with Crippen molar-refractivity contribution in [2.45, 2.75) is 13.3 Å². The van der Waals surface area contributed by atoms with Gasteiger partial charge in [-0.05, 0) is 41.7 Å². The Morgan fingerprint density at radius 2 is 1.65 bits per heavy atom. The molecule has 1 heteroatoms. The van der Waals surface area contributed by atoms with Crippen LogP contribution in [-0.2, 0) is 32.6 Å². The van der Waals surface area contributed by atoms with E-state index in [4.69, 9.17) is 0 Å². The molecule has 0 radical (unpaired) electrons. The van der Waals surface area contributed by atoms with Crippen LogP contribution in [0.15, 0.2) is 54.1 Å². The molecule has 17 heavy (non-hydrogen) atoms. The Labute approximate surface area is 122 Å². The van der Waals surface area contributed by atoms with Crippen LogP contribution in [0.5, 0.6) is 0 Å². The minimum atomic E-state index is 0. The summed E-state index contributed by atoms with van der Waals surface area (Å²) >= 11 is 0. The van der Waals surface area contributed by atoms with Crippen LogP contribution in [0.3, 0.4) is 0 Å². The molecule has 2 aromatic rings. The summed E-state index contributed by atoms with van der Waals surface area (Å²) in [6.07, 6.45) is 3.41. The topological polar surface area (TPSA) is 0 Å². The van der Waals surface area contributed by atoms with E-state index in [1.165, 1.54) is 27.8 Å². The maximum Gasteiger partial charge on any atom is 0 e. The van der Waals surface area contributed by atoms with Crippen molar-refractivity contribution in [2.75, 3.05) is 0 Å². The summed E-state index contributed by atoms with van der Waals surface area (Å²) in [5.74, 6) is 0. The minimum Gasteiger partial charge on any atom is -0.0683 e. The number of hydrogen-bond acceptors (Lipinski definition) is 0. The zero-order chi connectivity index (χ0) is 11.0. The molecule has 0 bridgehead atoms. The molecule has 0 aromatic heterocycles. The van der Waals surface area contributed by atoms with Gasteiger partial charge in [-0.3, -0.25) is 0 Å². The maximum atomic E-state index is 2.29. The first-order chi connectivity index (χ1) is 7.83. The monoisotopic (exact) mass is 296 g/mol. The van der Waals surface area contributed by atoms with E-state index in [1.54, 1.807) is 0 Å². The van der Waals surface area contributed by atoms with E-state index < -0.39 is 0 Å². The molecule has 0 spiro atoms. The largest absolute Gasteiger partial charge is 0.0683 e. The van der Waals surface area contributed by atoms with E-state index >= 15 is 0 Å². The molecule has 0 aliphatic heterocycles. The van der Waals surface area contributed by atoms with Crippen LogP contribution >= 0.6 is 0 Å². The average molecular weight is 298 g/mol. The molecule has 0 atom stereocenters. The fourth-order valence-corrected chi connectivity index (χ4v) is 2.32. The van der Waals surface area contributed by atoms with Gasteiger partial charge in [0.25, 0.3) is 0 Å². The predicted octanol–water partition coefficient (Wildman–Crippen LogP) is 4.31. The van der Waals surface area contributed by atoms with E-state index in [-0.39, 0.29) is 26.2 Å². The molecular weight excluding hydrogens is 283 g/mol. The van der Waals surface area contributed by atoms with Crippen LogP contribution in [0.4, 0.5) is 0 Å². The average Bonchev–Trinajstić information content (AvgIpc) is 2.69. The van der Waals surface area contributed by atoms with E-state index in [9.17, 15) is 0 Å². The van der Waals surface area contributed by atoms with Crippen molar-refractivity contribution in [1.29, 1.82) is 0 Å². The molecular formula is C16H14Zr. The molecule has 0 heterocycles. The molecule has 1 aliphatic carbocycles. The van der Waals surface area contributed by atoms with Gasteiger partial charge in [-0.25, -0.2) is 0 Å². The fraction of sp³-hybridized carbons (Fsp3) is 0.125. The van der Waals surface area contributed by atoms with E-state index in [0.29, 0.717) is 0 Å². The molecule has 0 saturated heterocycles. The molecule has 0 N–H and O–H groups in total.